The van der Waals surface area contributed by atoms with E-state index in [1.165, 1.54) is 44.5 Å². The predicted molar refractivity (Wildman–Crippen MR) is 137 cm³/mol. The average molecular weight is 501 g/mol. The maximum atomic E-state index is 6.41. The summed E-state index contributed by atoms with van der Waals surface area (Å²) in [6, 6.07) is 36.6. The maximum Gasteiger partial charge on any atom is 0.184 e. The summed E-state index contributed by atoms with van der Waals surface area (Å²) in [5.74, 6) is 2.93. The van der Waals surface area contributed by atoms with Crippen LogP contribution in [0.4, 0.5) is 0 Å². The van der Waals surface area contributed by atoms with E-state index in [9.17, 15) is 0 Å². The highest BCUT2D eigenvalue weighted by molar-refractivity contribution is 9.10. The van der Waals surface area contributed by atoms with Gasteiger partial charge in [0.2, 0.25) is 0 Å². The summed E-state index contributed by atoms with van der Waals surface area (Å²) < 4.78 is 13.7. The largest absolute Gasteiger partial charge is 0.449 e. The van der Waals surface area contributed by atoms with Crippen LogP contribution >= 0.6 is 15.9 Å². The van der Waals surface area contributed by atoms with E-state index in [1.807, 2.05) is 18.2 Å². The van der Waals surface area contributed by atoms with Gasteiger partial charge < -0.3 is 9.47 Å². The lowest BCUT2D eigenvalue weighted by Gasteiger charge is -2.31. The number of hydrogen-bond acceptors (Lipinski definition) is 2. The van der Waals surface area contributed by atoms with Crippen LogP contribution in [0.5, 0.6) is 23.0 Å². The highest BCUT2D eigenvalue weighted by Gasteiger charge is 2.52. The Bertz CT molecular complexity index is 1640. The van der Waals surface area contributed by atoms with Crippen molar-refractivity contribution in [3.8, 4) is 45.3 Å². The molecule has 160 valence electrons. The first kappa shape index (κ1) is 18.6. The minimum atomic E-state index is -0.380. The Morgan fingerprint density at radius 1 is 0.471 bits per heavy atom. The topological polar surface area (TPSA) is 18.5 Å². The van der Waals surface area contributed by atoms with E-state index >= 15 is 0 Å². The molecule has 1 spiro atoms. The molecule has 0 saturated carbocycles. The first-order chi connectivity index (χ1) is 16.8. The van der Waals surface area contributed by atoms with Crippen LogP contribution in [0.25, 0.3) is 22.3 Å². The van der Waals surface area contributed by atoms with Gasteiger partial charge in [0.25, 0.3) is 0 Å². The molecule has 5 aromatic rings. The van der Waals surface area contributed by atoms with E-state index in [2.05, 4.69) is 101 Å². The molecule has 0 amide bonds. The summed E-state index contributed by atoms with van der Waals surface area (Å²) in [4.78, 5) is 0. The molecule has 34 heavy (non-hydrogen) atoms. The van der Waals surface area contributed by atoms with Crippen molar-refractivity contribution in [2.45, 2.75) is 5.41 Å². The summed E-state index contributed by atoms with van der Waals surface area (Å²) in [6.07, 6.45) is 0. The minimum Gasteiger partial charge on any atom is -0.449 e. The van der Waals surface area contributed by atoms with Gasteiger partial charge in [0.05, 0.1) is 9.89 Å². The third-order valence-electron chi connectivity index (χ3n) is 7.42. The Morgan fingerprint density at radius 3 is 1.68 bits per heavy atom. The number of rotatable bonds is 0. The molecule has 0 radical (unpaired) electrons. The predicted octanol–water partition coefficient (Wildman–Crippen LogP) is 8.69. The fourth-order valence-electron chi connectivity index (χ4n) is 6.15. The highest BCUT2D eigenvalue weighted by Crippen LogP contribution is 2.64. The van der Waals surface area contributed by atoms with Crippen molar-refractivity contribution >= 4 is 15.9 Å². The van der Waals surface area contributed by atoms with Crippen LogP contribution in [-0.2, 0) is 5.41 Å². The fraction of sp³-hybridized carbons (Fsp3) is 0.0323. The van der Waals surface area contributed by atoms with Crippen molar-refractivity contribution in [1.29, 1.82) is 0 Å². The molecule has 0 fully saturated rings. The third-order valence-corrected chi connectivity index (χ3v) is 8.05. The molecule has 5 aromatic carbocycles. The maximum absolute atomic E-state index is 6.41. The molecule has 8 rings (SSSR count). The van der Waals surface area contributed by atoms with Crippen molar-refractivity contribution in [3.63, 3.8) is 0 Å². The quantitative estimate of drug-likeness (QED) is 0.207. The van der Waals surface area contributed by atoms with Gasteiger partial charge in [-0.25, -0.2) is 0 Å². The van der Waals surface area contributed by atoms with Gasteiger partial charge in [-0.05, 0) is 84.7 Å². The number of fused-ring (bicyclic) bond motifs is 12. The zero-order valence-electron chi connectivity index (χ0n) is 18.0. The summed E-state index contributed by atoms with van der Waals surface area (Å²) in [5, 5.41) is 0. The SMILES string of the molecule is Brc1cccc2c1Oc1cc3c(cc1O2)C1(c2ccccc2-c2ccccc21)c1ccccc1-3. The molecule has 0 N–H and O–H groups in total. The minimum absolute atomic E-state index is 0.380. The molecule has 0 aromatic heterocycles. The van der Waals surface area contributed by atoms with Gasteiger partial charge in [-0.2, -0.15) is 0 Å². The molecule has 2 nitrogen and oxygen atoms in total. The third kappa shape index (κ3) is 2.12. The second kappa shape index (κ2) is 6.40. The highest BCUT2D eigenvalue weighted by atomic mass is 79.9. The van der Waals surface area contributed by atoms with Crippen molar-refractivity contribution < 1.29 is 9.47 Å². The van der Waals surface area contributed by atoms with Crippen molar-refractivity contribution in [2.75, 3.05) is 0 Å². The van der Waals surface area contributed by atoms with Crippen LogP contribution in [0.3, 0.4) is 0 Å². The fourth-order valence-corrected chi connectivity index (χ4v) is 6.58. The Kier molecular flexibility index (Phi) is 3.50. The molecule has 1 heterocycles. The Morgan fingerprint density at radius 2 is 1.03 bits per heavy atom. The first-order valence-electron chi connectivity index (χ1n) is 11.4. The van der Waals surface area contributed by atoms with Gasteiger partial charge in [0.15, 0.2) is 23.0 Å². The molecule has 0 bridgehead atoms. The molecule has 0 atom stereocenters. The van der Waals surface area contributed by atoms with Crippen LogP contribution in [-0.4, -0.2) is 0 Å². The summed E-state index contributed by atoms with van der Waals surface area (Å²) in [7, 11) is 0. The number of para-hydroxylation sites is 1. The van der Waals surface area contributed by atoms with E-state index in [-0.39, 0.29) is 5.41 Å². The molecule has 0 saturated heterocycles. The molecular weight excluding hydrogens is 484 g/mol. The Hall–Kier alpha value is -3.82. The van der Waals surface area contributed by atoms with Crippen LogP contribution in [0, 0.1) is 0 Å². The van der Waals surface area contributed by atoms with E-state index in [4.69, 9.17) is 9.47 Å². The normalized spacial score (nSPS) is 14.7. The summed E-state index contributed by atoms with van der Waals surface area (Å²) in [6.45, 7) is 0. The molecule has 2 aliphatic carbocycles. The van der Waals surface area contributed by atoms with Crippen LogP contribution in [0.2, 0.25) is 0 Å². The Labute approximate surface area is 205 Å². The molecular formula is C31H17BrO2. The first-order valence-corrected chi connectivity index (χ1v) is 12.2. The molecule has 1 aliphatic heterocycles. The second-order valence-electron chi connectivity index (χ2n) is 9.00. The standard InChI is InChI=1S/C31H17BrO2/c32-26-14-7-15-27-30(26)34-28-16-21-20-10-3-6-13-24(20)31(25(21)17-29(28)33-27)22-11-4-1-8-18(22)19-9-2-5-12-23(19)31/h1-17H. The van der Waals surface area contributed by atoms with Gasteiger partial charge in [-0.1, -0.05) is 78.9 Å². The number of benzene rings is 5. The van der Waals surface area contributed by atoms with Crippen LogP contribution in [0.15, 0.2) is 108 Å². The Balaban J connectivity index is 1.48. The number of halogens is 1. The smallest absolute Gasteiger partial charge is 0.184 e. The van der Waals surface area contributed by atoms with E-state index in [0.29, 0.717) is 5.75 Å². The van der Waals surface area contributed by atoms with Gasteiger partial charge in [-0.15, -0.1) is 0 Å². The van der Waals surface area contributed by atoms with Gasteiger partial charge in [-0.3, -0.25) is 0 Å². The zero-order valence-corrected chi connectivity index (χ0v) is 19.6. The summed E-state index contributed by atoms with van der Waals surface area (Å²) in [5.41, 5.74) is 9.85. The average Bonchev–Trinajstić information content (AvgIpc) is 3.34. The lowest BCUT2D eigenvalue weighted by atomic mass is 9.70. The van der Waals surface area contributed by atoms with E-state index in [1.54, 1.807) is 0 Å². The van der Waals surface area contributed by atoms with Gasteiger partial charge in [0, 0.05) is 0 Å². The lowest BCUT2D eigenvalue weighted by Crippen LogP contribution is -2.25. The van der Waals surface area contributed by atoms with Crippen LogP contribution in [0.1, 0.15) is 22.3 Å². The zero-order chi connectivity index (χ0) is 22.4. The van der Waals surface area contributed by atoms with E-state index < -0.39 is 0 Å². The molecule has 3 aliphatic rings. The number of hydrogen-bond donors (Lipinski definition) is 0. The van der Waals surface area contributed by atoms with Gasteiger partial charge in [0.1, 0.15) is 0 Å². The lowest BCUT2D eigenvalue weighted by molar-refractivity contribution is 0.357. The van der Waals surface area contributed by atoms with Crippen molar-refractivity contribution in [1.82, 2.24) is 0 Å². The second-order valence-corrected chi connectivity index (χ2v) is 9.86. The molecule has 3 heteroatoms. The van der Waals surface area contributed by atoms with Crippen molar-refractivity contribution in [3.05, 3.63) is 130 Å². The number of ether oxygens (including phenoxy) is 2. The van der Waals surface area contributed by atoms with E-state index in [0.717, 1.165) is 21.7 Å². The monoisotopic (exact) mass is 500 g/mol. The van der Waals surface area contributed by atoms with Crippen molar-refractivity contribution in [2.24, 2.45) is 0 Å². The van der Waals surface area contributed by atoms with Crippen LogP contribution < -0.4 is 9.47 Å². The summed E-state index contributed by atoms with van der Waals surface area (Å²) >= 11 is 3.60. The van der Waals surface area contributed by atoms with Gasteiger partial charge >= 0.3 is 0 Å². The molecule has 0 unspecified atom stereocenters.